The minimum absolute atomic E-state index is 0.0163. The first-order valence-electron chi connectivity index (χ1n) is 6.45. The summed E-state index contributed by atoms with van der Waals surface area (Å²) in [5.74, 6) is 0. The zero-order valence-electron chi connectivity index (χ0n) is 11.3. The van der Waals surface area contributed by atoms with Crippen LogP contribution in [0.5, 0.6) is 0 Å². The average Bonchev–Trinajstić information content (AvgIpc) is 2.48. The maximum Gasteiger partial charge on any atom is 0.244 e. The molecule has 2 aromatic rings. The molecule has 0 heterocycles. The van der Waals surface area contributed by atoms with Gasteiger partial charge >= 0.3 is 0 Å². The molecule has 0 bridgehead atoms. The molecule has 0 spiro atoms. The standard InChI is InChI=1S/C15H16ClNO3S/c16-14-8-4-5-9-15(14)21(19,20)17(10-11-18)12-13-6-2-1-3-7-13/h1-9,18H,10-12H2. The van der Waals surface area contributed by atoms with Gasteiger partial charge in [0, 0.05) is 13.1 Å². The van der Waals surface area contributed by atoms with Gasteiger partial charge in [0.1, 0.15) is 4.90 Å². The SMILES string of the molecule is O=S(=O)(c1ccccc1Cl)N(CCO)Cc1ccccc1. The van der Waals surface area contributed by atoms with E-state index >= 15 is 0 Å². The predicted molar refractivity (Wildman–Crippen MR) is 82.6 cm³/mol. The molecule has 21 heavy (non-hydrogen) atoms. The Morgan fingerprint density at radius 2 is 1.62 bits per heavy atom. The number of rotatable bonds is 6. The molecule has 0 unspecified atom stereocenters. The topological polar surface area (TPSA) is 57.6 Å². The zero-order chi connectivity index (χ0) is 15.3. The van der Waals surface area contributed by atoms with Crippen molar-refractivity contribution in [2.45, 2.75) is 11.4 Å². The number of hydrogen-bond acceptors (Lipinski definition) is 3. The molecular weight excluding hydrogens is 310 g/mol. The molecule has 1 N–H and O–H groups in total. The molecular formula is C15H16ClNO3S. The monoisotopic (exact) mass is 325 g/mol. The number of hydrogen-bond donors (Lipinski definition) is 1. The lowest BCUT2D eigenvalue weighted by Crippen LogP contribution is -2.33. The smallest absolute Gasteiger partial charge is 0.244 e. The maximum absolute atomic E-state index is 12.7. The second-order valence-corrected chi connectivity index (χ2v) is 6.79. The fourth-order valence-electron chi connectivity index (χ4n) is 1.98. The first-order valence-corrected chi connectivity index (χ1v) is 8.27. The summed E-state index contributed by atoms with van der Waals surface area (Å²) in [7, 11) is -3.75. The van der Waals surface area contributed by atoms with Gasteiger partial charge in [-0.3, -0.25) is 0 Å². The molecule has 0 atom stereocenters. The second kappa shape index (κ2) is 7.04. The van der Waals surface area contributed by atoms with Crippen LogP contribution in [0.3, 0.4) is 0 Å². The van der Waals surface area contributed by atoms with E-state index in [1.165, 1.54) is 16.4 Å². The van der Waals surface area contributed by atoms with Gasteiger partial charge in [-0.15, -0.1) is 0 Å². The van der Waals surface area contributed by atoms with E-state index in [0.29, 0.717) is 0 Å². The summed E-state index contributed by atoms with van der Waals surface area (Å²) in [5, 5.41) is 9.33. The number of nitrogens with zero attached hydrogens (tertiary/aromatic N) is 1. The molecule has 0 saturated heterocycles. The number of sulfonamides is 1. The molecule has 0 radical (unpaired) electrons. The Morgan fingerprint density at radius 1 is 1.00 bits per heavy atom. The van der Waals surface area contributed by atoms with Crippen LogP contribution in [0.4, 0.5) is 0 Å². The zero-order valence-corrected chi connectivity index (χ0v) is 12.9. The van der Waals surface area contributed by atoms with E-state index in [1.54, 1.807) is 12.1 Å². The van der Waals surface area contributed by atoms with E-state index in [1.807, 2.05) is 30.3 Å². The lowest BCUT2D eigenvalue weighted by Gasteiger charge is -2.22. The van der Waals surface area contributed by atoms with Crippen molar-refractivity contribution in [3.05, 3.63) is 65.2 Å². The van der Waals surface area contributed by atoms with E-state index < -0.39 is 10.0 Å². The van der Waals surface area contributed by atoms with Gasteiger partial charge in [-0.25, -0.2) is 8.42 Å². The Hall–Kier alpha value is -1.40. The van der Waals surface area contributed by atoms with E-state index in [2.05, 4.69) is 0 Å². The number of halogens is 1. The highest BCUT2D eigenvalue weighted by atomic mass is 35.5. The first kappa shape index (κ1) is 16.0. The quantitative estimate of drug-likeness (QED) is 0.888. The van der Waals surface area contributed by atoms with Gasteiger partial charge in [0.25, 0.3) is 0 Å². The Bertz CT molecular complexity index is 689. The van der Waals surface area contributed by atoms with E-state index in [9.17, 15) is 8.42 Å². The summed E-state index contributed by atoms with van der Waals surface area (Å²) in [4.78, 5) is 0.0519. The Labute approximate surface area is 129 Å². The van der Waals surface area contributed by atoms with Crippen molar-refractivity contribution in [3.8, 4) is 0 Å². The molecule has 112 valence electrons. The van der Waals surface area contributed by atoms with Gasteiger partial charge in [-0.1, -0.05) is 54.1 Å². The summed E-state index contributed by atoms with van der Waals surface area (Å²) in [6, 6.07) is 15.5. The minimum Gasteiger partial charge on any atom is -0.395 e. The van der Waals surface area contributed by atoms with Crippen molar-refractivity contribution in [2.75, 3.05) is 13.2 Å². The van der Waals surface area contributed by atoms with Crippen molar-refractivity contribution in [1.82, 2.24) is 4.31 Å². The third-order valence-corrected chi connectivity index (χ3v) is 5.35. The lowest BCUT2D eigenvalue weighted by atomic mass is 10.2. The Morgan fingerprint density at radius 3 is 2.24 bits per heavy atom. The van der Waals surface area contributed by atoms with Crippen LogP contribution in [0.2, 0.25) is 5.02 Å². The third kappa shape index (κ3) is 3.83. The molecule has 0 aliphatic heterocycles. The van der Waals surface area contributed by atoms with Crippen molar-refractivity contribution in [3.63, 3.8) is 0 Å². The largest absolute Gasteiger partial charge is 0.395 e. The molecule has 6 heteroatoms. The molecule has 2 aromatic carbocycles. The predicted octanol–water partition coefficient (Wildman–Crippen LogP) is 2.52. The molecule has 2 rings (SSSR count). The van der Waals surface area contributed by atoms with Crippen LogP contribution >= 0.6 is 11.6 Å². The highest BCUT2D eigenvalue weighted by molar-refractivity contribution is 7.89. The molecule has 0 aliphatic carbocycles. The summed E-state index contributed by atoms with van der Waals surface area (Å²) in [5.41, 5.74) is 0.849. The van der Waals surface area contributed by atoms with Crippen LogP contribution in [-0.2, 0) is 16.6 Å². The number of benzene rings is 2. The highest BCUT2D eigenvalue weighted by Gasteiger charge is 2.26. The van der Waals surface area contributed by atoms with E-state index in [4.69, 9.17) is 16.7 Å². The van der Waals surface area contributed by atoms with Crippen LogP contribution in [0.1, 0.15) is 5.56 Å². The molecule has 4 nitrogen and oxygen atoms in total. The summed E-state index contributed by atoms with van der Waals surface area (Å²) >= 11 is 5.99. The van der Waals surface area contributed by atoms with E-state index in [0.717, 1.165) is 5.56 Å². The first-order chi connectivity index (χ1) is 10.1. The third-order valence-electron chi connectivity index (χ3n) is 3.01. The van der Waals surface area contributed by atoms with Crippen LogP contribution < -0.4 is 0 Å². The second-order valence-electron chi connectivity index (χ2n) is 4.48. The fraction of sp³-hybridized carbons (Fsp3) is 0.200. The van der Waals surface area contributed by atoms with Crippen LogP contribution in [-0.4, -0.2) is 31.0 Å². The van der Waals surface area contributed by atoms with Crippen LogP contribution in [0.25, 0.3) is 0 Å². The maximum atomic E-state index is 12.7. The molecule has 0 aliphatic rings. The lowest BCUT2D eigenvalue weighted by molar-refractivity contribution is 0.251. The summed E-state index contributed by atoms with van der Waals surface area (Å²) < 4.78 is 26.6. The number of aliphatic hydroxyl groups is 1. The van der Waals surface area contributed by atoms with Crippen molar-refractivity contribution in [2.24, 2.45) is 0 Å². The molecule has 0 amide bonds. The Balaban J connectivity index is 2.35. The van der Waals surface area contributed by atoms with Crippen molar-refractivity contribution >= 4 is 21.6 Å². The number of aliphatic hydroxyl groups excluding tert-OH is 1. The van der Waals surface area contributed by atoms with Crippen molar-refractivity contribution in [1.29, 1.82) is 0 Å². The minimum atomic E-state index is -3.75. The highest BCUT2D eigenvalue weighted by Crippen LogP contribution is 2.25. The molecule has 0 aromatic heterocycles. The Kier molecular flexibility index (Phi) is 5.36. The average molecular weight is 326 g/mol. The van der Waals surface area contributed by atoms with Gasteiger partial charge < -0.3 is 5.11 Å². The normalized spacial score (nSPS) is 11.8. The van der Waals surface area contributed by atoms with Gasteiger partial charge in [-0.2, -0.15) is 4.31 Å². The van der Waals surface area contributed by atoms with Gasteiger partial charge in [0.15, 0.2) is 0 Å². The molecule has 0 saturated carbocycles. The van der Waals surface area contributed by atoms with Gasteiger partial charge in [0.2, 0.25) is 10.0 Å². The van der Waals surface area contributed by atoms with Gasteiger partial charge in [-0.05, 0) is 17.7 Å². The summed E-state index contributed by atoms with van der Waals surface area (Å²) in [6.45, 7) is -0.0477. The van der Waals surface area contributed by atoms with E-state index in [-0.39, 0.29) is 29.6 Å². The van der Waals surface area contributed by atoms with Crippen molar-refractivity contribution < 1.29 is 13.5 Å². The molecule has 0 fully saturated rings. The van der Waals surface area contributed by atoms with Crippen LogP contribution in [0.15, 0.2) is 59.5 Å². The summed E-state index contributed by atoms with van der Waals surface area (Å²) in [6.07, 6.45) is 0. The van der Waals surface area contributed by atoms with Gasteiger partial charge in [0.05, 0.1) is 11.6 Å². The van der Waals surface area contributed by atoms with Crippen LogP contribution in [0, 0.1) is 0 Å². The fourth-order valence-corrected chi connectivity index (χ4v) is 3.89.